The lowest BCUT2D eigenvalue weighted by molar-refractivity contribution is 0.105. The molecule has 1 aromatic heterocycles. The van der Waals surface area contributed by atoms with Gasteiger partial charge in [-0.25, -0.2) is 9.97 Å². The molecule has 1 aliphatic rings. The molecule has 0 aliphatic carbocycles. The summed E-state index contributed by atoms with van der Waals surface area (Å²) in [6, 6.07) is 0. The summed E-state index contributed by atoms with van der Waals surface area (Å²) in [5.74, 6) is 1.73. The Bertz CT molecular complexity index is 419. The topological polar surface area (TPSA) is 73.1 Å². The Morgan fingerprint density at radius 1 is 1.50 bits per heavy atom. The fourth-order valence-electron chi connectivity index (χ4n) is 1.82. The molecule has 0 bridgehead atoms. The second-order valence-electron chi connectivity index (χ2n) is 4.91. The van der Waals surface area contributed by atoms with Crippen LogP contribution in [0.2, 0.25) is 5.15 Å². The normalized spacial score (nSPS) is 19.4. The maximum Gasteiger partial charge on any atom is 0.161 e. The number of hydrogen-bond donors (Lipinski definition) is 2. The predicted molar refractivity (Wildman–Crippen MR) is 72.7 cm³/mol. The van der Waals surface area contributed by atoms with Crippen molar-refractivity contribution in [3.05, 3.63) is 11.0 Å². The van der Waals surface area contributed by atoms with Crippen molar-refractivity contribution in [3.8, 4) is 0 Å². The number of nitrogen functional groups attached to an aromatic ring is 1. The van der Waals surface area contributed by atoms with Crippen LogP contribution >= 0.6 is 11.6 Å². The van der Waals surface area contributed by atoms with Gasteiger partial charge in [-0.2, -0.15) is 0 Å². The first-order chi connectivity index (χ1) is 8.58. The van der Waals surface area contributed by atoms with E-state index in [1.54, 1.807) is 0 Å². The molecule has 0 aromatic carbocycles. The van der Waals surface area contributed by atoms with E-state index in [4.69, 9.17) is 22.1 Å². The molecule has 1 aliphatic heterocycles. The summed E-state index contributed by atoms with van der Waals surface area (Å²) in [5, 5.41) is 3.49. The van der Waals surface area contributed by atoms with Crippen LogP contribution in [0.1, 0.15) is 38.6 Å². The lowest BCUT2D eigenvalue weighted by Gasteiger charge is -2.14. The zero-order chi connectivity index (χ0) is 13.1. The van der Waals surface area contributed by atoms with Crippen LogP contribution in [-0.2, 0) is 4.74 Å². The molecule has 18 heavy (non-hydrogen) atoms. The molecule has 3 N–H and O–H groups in total. The third-order valence-electron chi connectivity index (χ3n) is 2.81. The molecule has 2 heterocycles. The summed E-state index contributed by atoms with van der Waals surface area (Å²) in [6.45, 7) is 5.78. The van der Waals surface area contributed by atoms with E-state index in [1.807, 2.05) is 0 Å². The van der Waals surface area contributed by atoms with E-state index in [2.05, 4.69) is 29.1 Å². The van der Waals surface area contributed by atoms with Crippen molar-refractivity contribution >= 4 is 23.1 Å². The van der Waals surface area contributed by atoms with Crippen molar-refractivity contribution in [2.45, 2.75) is 32.8 Å². The highest BCUT2D eigenvalue weighted by Crippen LogP contribution is 2.31. The molecule has 1 aromatic rings. The zero-order valence-electron chi connectivity index (χ0n) is 10.7. The third kappa shape index (κ3) is 3.03. The summed E-state index contributed by atoms with van der Waals surface area (Å²) in [5.41, 5.74) is 6.28. The maximum atomic E-state index is 6.04. The van der Waals surface area contributed by atoms with Crippen LogP contribution < -0.4 is 11.1 Å². The monoisotopic (exact) mass is 270 g/mol. The smallest absolute Gasteiger partial charge is 0.161 e. The number of nitrogens with one attached hydrogen (secondary N) is 1. The summed E-state index contributed by atoms with van der Waals surface area (Å²) in [7, 11) is 0. The standard InChI is InChI=1S/C12H19ClN4O/c1-7(2)6-15-12-9(14)10(13)16-11(17-12)8-4-3-5-18-8/h7-8H,3-6,14H2,1-2H3,(H,15,16,17). The molecule has 0 amide bonds. The van der Waals surface area contributed by atoms with Crippen molar-refractivity contribution in [1.29, 1.82) is 0 Å². The van der Waals surface area contributed by atoms with Gasteiger partial charge in [0.15, 0.2) is 16.8 Å². The van der Waals surface area contributed by atoms with E-state index < -0.39 is 0 Å². The first-order valence-electron chi connectivity index (χ1n) is 6.26. The molecule has 1 unspecified atom stereocenters. The second-order valence-corrected chi connectivity index (χ2v) is 5.27. The fourth-order valence-corrected chi connectivity index (χ4v) is 2.00. The molecule has 6 heteroatoms. The van der Waals surface area contributed by atoms with Crippen molar-refractivity contribution < 1.29 is 4.74 Å². The average Bonchev–Trinajstić information content (AvgIpc) is 2.84. The summed E-state index contributed by atoms with van der Waals surface area (Å²) < 4.78 is 5.56. The van der Waals surface area contributed by atoms with E-state index in [9.17, 15) is 0 Å². The van der Waals surface area contributed by atoms with Crippen LogP contribution in [0, 0.1) is 5.92 Å². The third-order valence-corrected chi connectivity index (χ3v) is 3.10. The minimum Gasteiger partial charge on any atom is -0.393 e. The van der Waals surface area contributed by atoms with Crippen LogP contribution in [-0.4, -0.2) is 23.1 Å². The molecule has 5 nitrogen and oxygen atoms in total. The summed E-state index contributed by atoms with van der Waals surface area (Å²) >= 11 is 6.04. The Balaban J connectivity index is 2.21. The highest BCUT2D eigenvalue weighted by Gasteiger charge is 2.22. The Kier molecular flexibility index (Phi) is 4.24. The molecule has 1 atom stereocenters. The van der Waals surface area contributed by atoms with Gasteiger partial charge in [0.1, 0.15) is 11.8 Å². The van der Waals surface area contributed by atoms with Crippen LogP contribution in [0.3, 0.4) is 0 Å². The van der Waals surface area contributed by atoms with Crippen molar-refractivity contribution in [2.24, 2.45) is 5.92 Å². The fraction of sp³-hybridized carbons (Fsp3) is 0.667. The quantitative estimate of drug-likeness (QED) is 0.823. The van der Waals surface area contributed by atoms with E-state index in [0.717, 1.165) is 26.0 Å². The molecule has 0 saturated carbocycles. The van der Waals surface area contributed by atoms with E-state index in [1.165, 1.54) is 0 Å². The molecule has 1 fully saturated rings. The Hall–Kier alpha value is -1.07. The first-order valence-corrected chi connectivity index (χ1v) is 6.64. The molecular formula is C12H19ClN4O. The predicted octanol–water partition coefficient (Wildman–Crippen LogP) is 2.63. The van der Waals surface area contributed by atoms with Crippen molar-refractivity contribution in [3.63, 3.8) is 0 Å². The number of hydrogen-bond acceptors (Lipinski definition) is 5. The largest absolute Gasteiger partial charge is 0.393 e. The van der Waals surface area contributed by atoms with Gasteiger partial charge < -0.3 is 15.8 Å². The van der Waals surface area contributed by atoms with E-state index in [-0.39, 0.29) is 6.10 Å². The average molecular weight is 271 g/mol. The molecular weight excluding hydrogens is 252 g/mol. The van der Waals surface area contributed by atoms with Gasteiger partial charge in [0.2, 0.25) is 0 Å². The van der Waals surface area contributed by atoms with E-state index in [0.29, 0.717) is 28.4 Å². The molecule has 100 valence electrons. The Morgan fingerprint density at radius 2 is 2.28 bits per heavy atom. The minimum atomic E-state index is -0.0531. The van der Waals surface area contributed by atoms with Crippen LogP contribution in [0.5, 0.6) is 0 Å². The van der Waals surface area contributed by atoms with Gasteiger partial charge in [0.05, 0.1) is 0 Å². The van der Waals surface area contributed by atoms with Crippen molar-refractivity contribution in [1.82, 2.24) is 9.97 Å². The van der Waals surface area contributed by atoms with Gasteiger partial charge in [0, 0.05) is 13.2 Å². The maximum absolute atomic E-state index is 6.04. The number of anilines is 2. The lowest BCUT2D eigenvalue weighted by Crippen LogP contribution is -2.14. The SMILES string of the molecule is CC(C)CNc1nc(C2CCCO2)nc(Cl)c1N. The lowest BCUT2D eigenvalue weighted by atomic mass is 10.2. The van der Waals surface area contributed by atoms with Crippen molar-refractivity contribution in [2.75, 3.05) is 24.2 Å². The van der Waals surface area contributed by atoms with Gasteiger partial charge >= 0.3 is 0 Å². The van der Waals surface area contributed by atoms with Gasteiger partial charge in [-0.3, -0.25) is 0 Å². The summed E-state index contributed by atoms with van der Waals surface area (Å²) in [4.78, 5) is 8.64. The highest BCUT2D eigenvalue weighted by atomic mass is 35.5. The number of nitrogens with two attached hydrogens (primary N) is 1. The zero-order valence-corrected chi connectivity index (χ0v) is 11.5. The van der Waals surface area contributed by atoms with Gasteiger partial charge in [0.25, 0.3) is 0 Å². The van der Waals surface area contributed by atoms with Crippen LogP contribution in [0.25, 0.3) is 0 Å². The van der Waals surface area contributed by atoms with Crippen LogP contribution in [0.15, 0.2) is 0 Å². The first kappa shape index (κ1) is 13.4. The van der Waals surface area contributed by atoms with Gasteiger partial charge in [-0.05, 0) is 18.8 Å². The molecule has 0 spiro atoms. The highest BCUT2D eigenvalue weighted by molar-refractivity contribution is 6.32. The number of aromatic nitrogens is 2. The number of rotatable bonds is 4. The van der Waals surface area contributed by atoms with Gasteiger partial charge in [-0.1, -0.05) is 25.4 Å². The van der Waals surface area contributed by atoms with Crippen LogP contribution in [0.4, 0.5) is 11.5 Å². The summed E-state index contributed by atoms with van der Waals surface area (Å²) in [6.07, 6.45) is 1.91. The molecule has 2 rings (SSSR count). The minimum absolute atomic E-state index is 0.0531. The van der Waals surface area contributed by atoms with E-state index >= 15 is 0 Å². The second kappa shape index (κ2) is 5.71. The number of halogens is 1. The number of ether oxygens (including phenoxy) is 1. The Morgan fingerprint density at radius 3 is 2.89 bits per heavy atom. The van der Waals surface area contributed by atoms with Gasteiger partial charge in [-0.15, -0.1) is 0 Å². The number of nitrogens with zero attached hydrogens (tertiary/aromatic N) is 2. The molecule has 0 radical (unpaired) electrons. The molecule has 1 saturated heterocycles. The Labute approximate surface area is 112 Å².